The lowest BCUT2D eigenvalue weighted by molar-refractivity contribution is -0.117. The minimum Gasteiger partial charge on any atom is -0.482 e. The molecule has 0 amide bonds. The van der Waals surface area contributed by atoms with Crippen LogP contribution in [-0.4, -0.2) is 16.5 Å². The second kappa shape index (κ2) is 12.6. The summed E-state index contributed by atoms with van der Waals surface area (Å²) in [5, 5.41) is 0.607. The van der Waals surface area contributed by atoms with E-state index in [2.05, 4.69) is 47.6 Å². The molecule has 3 saturated carbocycles. The molecule has 0 radical (unpaired) electrons. The molecular formula is C37H56O2S. The van der Waals surface area contributed by atoms with Crippen molar-refractivity contribution < 1.29 is 9.53 Å². The maximum absolute atomic E-state index is 13.3. The fraction of sp³-hybridized carbons (Fsp3) is 0.757. The minimum atomic E-state index is -0.357. The largest absolute Gasteiger partial charge is 0.482 e. The number of rotatable bonds is 10. The van der Waals surface area contributed by atoms with E-state index < -0.39 is 0 Å². The minimum absolute atomic E-state index is 0.210. The van der Waals surface area contributed by atoms with Gasteiger partial charge in [0.2, 0.25) is 5.12 Å². The molecule has 5 rings (SSSR count). The molecule has 0 saturated heterocycles. The Balaban J connectivity index is 1.22. The molecule has 40 heavy (non-hydrogen) atoms. The third-order valence-electron chi connectivity index (χ3n) is 12.2. The van der Waals surface area contributed by atoms with Crippen molar-refractivity contribution in [2.45, 2.75) is 130 Å². The Morgan fingerprint density at radius 2 is 1.77 bits per heavy atom. The zero-order valence-electron chi connectivity index (χ0n) is 26.3. The molecule has 0 aliphatic heterocycles. The number of para-hydroxylation sites is 1. The van der Waals surface area contributed by atoms with E-state index in [0.717, 1.165) is 60.5 Å². The van der Waals surface area contributed by atoms with Gasteiger partial charge >= 0.3 is 0 Å². The fourth-order valence-corrected chi connectivity index (χ4v) is 11.1. The van der Waals surface area contributed by atoms with Gasteiger partial charge in [0.05, 0.1) is 0 Å². The molecule has 1 aromatic rings. The summed E-state index contributed by atoms with van der Waals surface area (Å²) < 4.78 is 6.09. The van der Waals surface area contributed by atoms with Gasteiger partial charge in [0, 0.05) is 5.25 Å². The van der Waals surface area contributed by atoms with Gasteiger partial charge in [-0.2, -0.15) is 0 Å². The summed E-state index contributed by atoms with van der Waals surface area (Å²) in [6.45, 7) is 14.7. The molecule has 4 aliphatic rings. The number of ether oxygens (including phenoxy) is 1. The summed E-state index contributed by atoms with van der Waals surface area (Å²) in [6, 6.07) is 9.83. The molecule has 0 bridgehead atoms. The molecule has 3 heteroatoms. The lowest BCUT2D eigenvalue weighted by Gasteiger charge is -2.58. The first-order chi connectivity index (χ1) is 19.2. The van der Waals surface area contributed by atoms with Crippen LogP contribution in [0.2, 0.25) is 0 Å². The van der Waals surface area contributed by atoms with Crippen molar-refractivity contribution in [3.05, 3.63) is 42.0 Å². The van der Waals surface area contributed by atoms with E-state index in [9.17, 15) is 4.79 Å². The number of benzene rings is 1. The van der Waals surface area contributed by atoms with Crippen LogP contribution >= 0.6 is 11.8 Å². The second-order valence-corrected chi connectivity index (χ2v) is 16.2. The third-order valence-corrected chi connectivity index (χ3v) is 13.4. The summed E-state index contributed by atoms with van der Waals surface area (Å²) in [5.74, 6) is 6.05. The van der Waals surface area contributed by atoms with Crippen LogP contribution in [-0.2, 0) is 4.79 Å². The Morgan fingerprint density at radius 1 is 1.00 bits per heavy atom. The highest BCUT2D eigenvalue weighted by Gasteiger charge is 2.59. The first kappa shape index (κ1) is 30.2. The van der Waals surface area contributed by atoms with E-state index in [4.69, 9.17) is 4.74 Å². The molecular weight excluding hydrogens is 508 g/mol. The number of thioether (sulfide) groups is 1. The zero-order valence-corrected chi connectivity index (χ0v) is 27.1. The highest BCUT2D eigenvalue weighted by atomic mass is 32.2. The van der Waals surface area contributed by atoms with E-state index >= 15 is 0 Å². The molecule has 222 valence electrons. The van der Waals surface area contributed by atoms with Crippen molar-refractivity contribution in [2.75, 3.05) is 0 Å². The van der Waals surface area contributed by atoms with Gasteiger partial charge < -0.3 is 4.74 Å². The quantitative estimate of drug-likeness (QED) is 0.264. The number of carbonyl (C=O) groups is 1. The average molecular weight is 565 g/mol. The zero-order chi connectivity index (χ0) is 28.5. The second-order valence-electron chi connectivity index (χ2n) is 14.9. The average Bonchev–Trinajstić information content (AvgIpc) is 3.29. The van der Waals surface area contributed by atoms with Crippen molar-refractivity contribution in [1.29, 1.82) is 0 Å². The van der Waals surface area contributed by atoms with Crippen LogP contribution in [0.15, 0.2) is 42.0 Å². The molecule has 0 spiro atoms. The topological polar surface area (TPSA) is 26.3 Å². The molecule has 2 nitrogen and oxygen atoms in total. The van der Waals surface area contributed by atoms with Crippen LogP contribution in [0.1, 0.15) is 119 Å². The van der Waals surface area contributed by atoms with Gasteiger partial charge in [-0.1, -0.05) is 102 Å². The molecule has 3 fully saturated rings. The van der Waals surface area contributed by atoms with E-state index in [0.29, 0.717) is 16.1 Å². The third kappa shape index (κ3) is 5.97. The summed E-state index contributed by atoms with van der Waals surface area (Å²) in [6.07, 6.45) is 17.8. The maximum Gasteiger partial charge on any atom is 0.229 e. The molecule has 0 unspecified atom stereocenters. The highest BCUT2D eigenvalue weighted by molar-refractivity contribution is 8.14. The summed E-state index contributed by atoms with van der Waals surface area (Å²) >= 11 is 1.58. The van der Waals surface area contributed by atoms with Crippen molar-refractivity contribution in [3.8, 4) is 5.75 Å². The van der Waals surface area contributed by atoms with Crippen molar-refractivity contribution in [2.24, 2.45) is 46.3 Å². The Labute approximate surface area is 249 Å². The number of hydrogen-bond acceptors (Lipinski definition) is 3. The Kier molecular flexibility index (Phi) is 9.50. The predicted molar refractivity (Wildman–Crippen MR) is 171 cm³/mol. The smallest absolute Gasteiger partial charge is 0.229 e. The predicted octanol–water partition coefficient (Wildman–Crippen LogP) is 10.5. The van der Waals surface area contributed by atoms with Crippen LogP contribution in [0.3, 0.4) is 0 Å². The summed E-state index contributed by atoms with van der Waals surface area (Å²) in [5.41, 5.74) is 2.58. The Morgan fingerprint density at radius 3 is 2.50 bits per heavy atom. The van der Waals surface area contributed by atoms with E-state index in [1.807, 2.05) is 30.3 Å². The van der Waals surface area contributed by atoms with Crippen LogP contribution in [0, 0.1) is 46.3 Å². The van der Waals surface area contributed by atoms with Gasteiger partial charge in [-0.05, 0) is 116 Å². The lowest BCUT2D eigenvalue weighted by atomic mass is 9.47. The van der Waals surface area contributed by atoms with Gasteiger partial charge in [-0.3, -0.25) is 4.79 Å². The van der Waals surface area contributed by atoms with Gasteiger partial charge in [0.15, 0.2) is 6.10 Å². The van der Waals surface area contributed by atoms with Crippen LogP contribution in [0.25, 0.3) is 0 Å². The maximum atomic E-state index is 13.3. The first-order valence-corrected chi connectivity index (χ1v) is 17.6. The van der Waals surface area contributed by atoms with Crippen molar-refractivity contribution in [3.63, 3.8) is 0 Å². The summed E-state index contributed by atoms with van der Waals surface area (Å²) in [7, 11) is 0. The molecule has 0 aromatic heterocycles. The van der Waals surface area contributed by atoms with Gasteiger partial charge in [0.25, 0.3) is 0 Å². The van der Waals surface area contributed by atoms with E-state index in [-0.39, 0.29) is 11.2 Å². The number of hydrogen-bond donors (Lipinski definition) is 0. The van der Waals surface area contributed by atoms with Gasteiger partial charge in [-0.25, -0.2) is 0 Å². The number of allylic oxidation sites excluding steroid dienone is 2. The molecule has 9 atom stereocenters. The number of carbonyl (C=O) groups excluding carboxylic acids is 1. The van der Waals surface area contributed by atoms with Gasteiger partial charge in [-0.15, -0.1) is 0 Å². The Hall–Kier alpha value is -1.22. The van der Waals surface area contributed by atoms with Crippen LogP contribution in [0.5, 0.6) is 5.75 Å². The molecule has 4 aliphatic carbocycles. The molecule has 1 aromatic carbocycles. The highest BCUT2D eigenvalue weighted by Crippen LogP contribution is 2.67. The standard InChI is InChI=1S/C37H56O2S/c1-7-34(39-28-14-9-8-10-15-28)35(38)40-29-20-22-36(5)27(24-29)16-17-30-32-19-18-31(26(4)13-11-12-25(2)3)37(32,6)23-21-33(30)36/h8-10,14-16,25-26,29-34H,7,11-13,17-24H2,1-6H3/t26-,29+,30+,31+,32-,33+,34+,36+,37-/m1/s1. The van der Waals surface area contributed by atoms with E-state index in [1.165, 1.54) is 57.8 Å². The van der Waals surface area contributed by atoms with Crippen molar-refractivity contribution >= 4 is 16.9 Å². The van der Waals surface area contributed by atoms with Crippen LogP contribution < -0.4 is 4.74 Å². The first-order valence-electron chi connectivity index (χ1n) is 16.8. The van der Waals surface area contributed by atoms with Gasteiger partial charge in [0.1, 0.15) is 5.75 Å². The van der Waals surface area contributed by atoms with Crippen molar-refractivity contribution in [1.82, 2.24) is 0 Å². The monoisotopic (exact) mass is 564 g/mol. The summed E-state index contributed by atoms with van der Waals surface area (Å²) in [4.78, 5) is 13.3. The molecule has 0 heterocycles. The number of fused-ring (bicyclic) bond motifs is 5. The normalized spacial score (nSPS) is 36.7. The van der Waals surface area contributed by atoms with Crippen LogP contribution in [0.4, 0.5) is 0 Å². The Bertz CT molecular complexity index is 1030. The SMILES string of the molecule is CC[C@H](Oc1ccccc1)C(=O)S[C@H]1CC[C@@]2(C)C(=CC[C@H]3[C@H]4CC[C@@H]([C@H](C)CCCC(C)C)[C@@]4(C)CC[C@@H]32)C1. The lowest BCUT2D eigenvalue weighted by Crippen LogP contribution is -2.50. The fourth-order valence-electron chi connectivity index (χ4n) is 9.95. The van der Waals surface area contributed by atoms with E-state index in [1.54, 1.807) is 17.3 Å². The molecule has 0 N–H and O–H groups in total.